The maximum Gasteiger partial charge on any atom is 0.445 e. The van der Waals surface area contributed by atoms with Crippen LogP contribution in [0.15, 0.2) is 18.2 Å². The van der Waals surface area contributed by atoms with Crippen molar-refractivity contribution < 1.29 is 22.7 Å². The molecule has 1 atom stereocenters. The minimum Gasteiger partial charge on any atom is -0.415 e. The maximum atomic E-state index is 13.6. The summed E-state index contributed by atoms with van der Waals surface area (Å²) in [4.78, 5) is 11.5. The first-order valence-electron chi connectivity index (χ1n) is 6.17. The molecule has 3 nitrogen and oxygen atoms in total. The molecular weight excluding hydrogens is 307 g/mol. The quantitative estimate of drug-likeness (QED) is 0.776. The van der Waals surface area contributed by atoms with Crippen molar-refractivity contribution in [2.75, 3.05) is 5.32 Å². The molecule has 0 radical (unpaired) electrons. The van der Waals surface area contributed by atoms with Crippen molar-refractivity contribution in [3.05, 3.63) is 28.8 Å². The molecule has 1 aliphatic heterocycles. The molecule has 0 aliphatic carbocycles. The molecule has 1 aliphatic rings. The summed E-state index contributed by atoms with van der Waals surface area (Å²) < 4.78 is 45.2. The number of alkyl halides is 3. The van der Waals surface area contributed by atoms with E-state index < -0.39 is 17.9 Å². The lowest BCUT2D eigenvalue weighted by molar-refractivity contribution is -0.239. The van der Waals surface area contributed by atoms with Gasteiger partial charge in [-0.3, -0.25) is 5.32 Å². The van der Waals surface area contributed by atoms with E-state index in [1.54, 1.807) is 6.92 Å². The number of benzene rings is 1. The Hall–Kier alpha value is -1.87. The third kappa shape index (κ3) is 2.79. The van der Waals surface area contributed by atoms with Crippen molar-refractivity contribution in [3.8, 4) is 11.8 Å². The smallest absolute Gasteiger partial charge is 0.415 e. The normalized spacial score (nSPS) is 20.7. The molecule has 0 unspecified atom stereocenters. The minimum atomic E-state index is -4.88. The Labute approximate surface area is 124 Å². The fourth-order valence-electron chi connectivity index (χ4n) is 1.93. The highest BCUT2D eigenvalue weighted by Crippen LogP contribution is 2.47. The zero-order chi connectivity index (χ0) is 15.7. The van der Waals surface area contributed by atoms with E-state index >= 15 is 0 Å². The van der Waals surface area contributed by atoms with Crippen LogP contribution in [0.25, 0.3) is 0 Å². The third-order valence-corrected chi connectivity index (χ3v) is 3.12. The van der Waals surface area contributed by atoms with Crippen LogP contribution in [-0.2, 0) is 10.3 Å². The SMILES string of the molecule is CCCC#C[C@]1(C(F)(F)F)OC(=O)Nc2ccc(Cl)cc21. The fourth-order valence-corrected chi connectivity index (χ4v) is 2.10. The Balaban J connectivity index is 2.68. The van der Waals surface area contributed by atoms with Crippen LogP contribution < -0.4 is 5.32 Å². The number of unbranched alkanes of at least 4 members (excludes halogenated alkanes) is 1. The minimum absolute atomic E-state index is 0.0150. The standard InChI is InChI=1S/C14H11ClF3NO2/c1-2-3-4-7-13(14(16,17)18)10-8-9(15)5-6-11(10)19-12(20)21-13/h5-6,8H,2-3H2,1H3,(H,19,20)/t13-/m0/s1. The summed E-state index contributed by atoms with van der Waals surface area (Å²) in [5.41, 5.74) is -3.32. The number of ether oxygens (including phenoxy) is 1. The predicted molar refractivity (Wildman–Crippen MR) is 72.0 cm³/mol. The van der Waals surface area contributed by atoms with E-state index in [1.807, 2.05) is 0 Å². The number of carbonyl (C=O) groups is 1. The van der Waals surface area contributed by atoms with Crippen LogP contribution in [0, 0.1) is 11.8 Å². The van der Waals surface area contributed by atoms with Crippen molar-refractivity contribution in [1.29, 1.82) is 0 Å². The van der Waals surface area contributed by atoms with E-state index in [1.165, 1.54) is 12.1 Å². The van der Waals surface area contributed by atoms with Crippen LogP contribution in [0.1, 0.15) is 25.3 Å². The molecule has 7 heteroatoms. The molecule has 2 rings (SSSR count). The van der Waals surface area contributed by atoms with Gasteiger partial charge in [-0.25, -0.2) is 4.79 Å². The molecule has 21 heavy (non-hydrogen) atoms. The summed E-state index contributed by atoms with van der Waals surface area (Å²) in [7, 11) is 0. The number of nitrogens with one attached hydrogen (secondary N) is 1. The Morgan fingerprint density at radius 3 is 2.76 bits per heavy atom. The average Bonchev–Trinajstić information content (AvgIpc) is 2.38. The zero-order valence-corrected chi connectivity index (χ0v) is 11.7. The molecule has 0 aromatic heterocycles. The summed E-state index contributed by atoms with van der Waals surface area (Å²) in [6, 6.07) is 3.77. The van der Waals surface area contributed by atoms with Crippen molar-refractivity contribution >= 4 is 23.4 Å². The zero-order valence-electron chi connectivity index (χ0n) is 11.0. The fraction of sp³-hybridized carbons (Fsp3) is 0.357. The molecule has 1 aromatic carbocycles. The highest BCUT2D eigenvalue weighted by atomic mass is 35.5. The Kier molecular flexibility index (Phi) is 4.06. The summed E-state index contributed by atoms with van der Waals surface area (Å²) in [6.07, 6.45) is -5.23. The molecule has 0 saturated carbocycles. The summed E-state index contributed by atoms with van der Waals surface area (Å²) in [5, 5.41) is 2.31. The van der Waals surface area contributed by atoms with Crippen molar-refractivity contribution in [2.45, 2.75) is 31.5 Å². The van der Waals surface area contributed by atoms with E-state index in [4.69, 9.17) is 11.6 Å². The van der Waals surface area contributed by atoms with Crippen molar-refractivity contribution in [2.24, 2.45) is 0 Å². The largest absolute Gasteiger partial charge is 0.445 e. The van der Waals surface area contributed by atoms with Crippen LogP contribution in [0.3, 0.4) is 0 Å². The number of hydrogen-bond donors (Lipinski definition) is 1. The highest BCUT2D eigenvalue weighted by molar-refractivity contribution is 6.30. The number of amides is 1. The number of halogens is 4. The van der Waals surface area contributed by atoms with Gasteiger partial charge >= 0.3 is 12.3 Å². The van der Waals surface area contributed by atoms with E-state index in [-0.39, 0.29) is 22.7 Å². The summed E-state index contributed by atoms with van der Waals surface area (Å²) in [6.45, 7) is 1.79. The average molecular weight is 318 g/mol. The van der Waals surface area contributed by atoms with E-state index in [0.29, 0.717) is 6.42 Å². The van der Waals surface area contributed by atoms with Gasteiger partial charge in [-0.15, -0.1) is 0 Å². The summed E-state index contributed by atoms with van der Waals surface area (Å²) in [5.74, 6) is 4.49. The van der Waals surface area contributed by atoms with Crippen molar-refractivity contribution in [3.63, 3.8) is 0 Å². The van der Waals surface area contributed by atoms with Gasteiger partial charge in [-0.2, -0.15) is 13.2 Å². The lowest BCUT2D eigenvalue weighted by Crippen LogP contribution is -2.49. The molecule has 112 valence electrons. The first kappa shape index (κ1) is 15.5. The van der Waals surface area contributed by atoms with Crippen LogP contribution in [0.2, 0.25) is 5.02 Å². The van der Waals surface area contributed by atoms with Crippen LogP contribution >= 0.6 is 11.6 Å². The van der Waals surface area contributed by atoms with Gasteiger partial charge in [-0.1, -0.05) is 24.4 Å². The molecule has 1 aromatic rings. The van der Waals surface area contributed by atoms with Gasteiger partial charge in [0, 0.05) is 17.0 Å². The van der Waals surface area contributed by atoms with E-state index in [2.05, 4.69) is 21.9 Å². The topological polar surface area (TPSA) is 38.3 Å². The second kappa shape index (κ2) is 5.49. The molecule has 0 fully saturated rings. The van der Waals surface area contributed by atoms with Gasteiger partial charge in [0.15, 0.2) is 0 Å². The Bertz CT molecular complexity index is 633. The lowest BCUT2D eigenvalue weighted by atomic mass is 9.90. The number of hydrogen-bond acceptors (Lipinski definition) is 2. The molecular formula is C14H11ClF3NO2. The van der Waals surface area contributed by atoms with E-state index in [0.717, 1.165) is 6.07 Å². The molecule has 0 saturated heterocycles. The van der Waals surface area contributed by atoms with Gasteiger partial charge in [0.1, 0.15) is 0 Å². The second-order valence-corrected chi connectivity index (χ2v) is 4.87. The number of rotatable bonds is 1. The number of cyclic esters (lactones) is 1. The van der Waals surface area contributed by atoms with Gasteiger partial charge < -0.3 is 4.74 Å². The summed E-state index contributed by atoms with van der Waals surface area (Å²) >= 11 is 5.77. The molecule has 0 spiro atoms. The molecule has 1 heterocycles. The lowest BCUT2D eigenvalue weighted by Gasteiger charge is -2.35. The van der Waals surface area contributed by atoms with Gasteiger partial charge in [-0.05, 0) is 30.5 Å². The van der Waals surface area contributed by atoms with Crippen LogP contribution in [0.5, 0.6) is 0 Å². The van der Waals surface area contributed by atoms with Gasteiger partial charge in [0.05, 0.1) is 5.69 Å². The van der Waals surface area contributed by atoms with Crippen LogP contribution in [-0.4, -0.2) is 12.3 Å². The third-order valence-electron chi connectivity index (χ3n) is 2.88. The van der Waals surface area contributed by atoms with Gasteiger partial charge in [0.25, 0.3) is 5.60 Å². The van der Waals surface area contributed by atoms with Gasteiger partial charge in [0.2, 0.25) is 0 Å². The molecule has 1 N–H and O–H groups in total. The maximum absolute atomic E-state index is 13.6. The van der Waals surface area contributed by atoms with E-state index in [9.17, 15) is 18.0 Å². The number of anilines is 1. The number of carbonyl (C=O) groups excluding carboxylic acids is 1. The molecule has 1 amide bonds. The predicted octanol–water partition coefficient (Wildman–Crippen LogP) is 4.46. The van der Waals surface area contributed by atoms with Crippen molar-refractivity contribution in [1.82, 2.24) is 0 Å². The second-order valence-electron chi connectivity index (χ2n) is 4.44. The molecule has 0 bridgehead atoms. The van der Waals surface area contributed by atoms with Crippen LogP contribution in [0.4, 0.5) is 23.7 Å². The monoisotopic (exact) mass is 317 g/mol. The Morgan fingerprint density at radius 1 is 1.43 bits per heavy atom. The number of fused-ring (bicyclic) bond motifs is 1. The highest BCUT2D eigenvalue weighted by Gasteiger charge is 2.61. The first-order valence-corrected chi connectivity index (χ1v) is 6.54. The Morgan fingerprint density at radius 2 is 2.14 bits per heavy atom. The first-order chi connectivity index (χ1) is 9.80.